The molecule has 1 nitrogen and oxygen atoms in total. The fourth-order valence-corrected chi connectivity index (χ4v) is 2.91. The molecular weight excluding hydrogens is 348 g/mol. The van der Waals surface area contributed by atoms with E-state index in [0.717, 1.165) is 40.8 Å². The fourth-order valence-electron chi connectivity index (χ4n) is 2.12. The summed E-state index contributed by atoms with van der Waals surface area (Å²) in [6.45, 7) is 4.97. The maximum absolute atomic E-state index is 6.59. The van der Waals surface area contributed by atoms with Gasteiger partial charge in [0.15, 0.2) is 0 Å². The highest BCUT2D eigenvalue weighted by atomic mass is 79.9. The van der Waals surface area contributed by atoms with Gasteiger partial charge < -0.3 is 4.74 Å². The molecule has 0 aliphatic heterocycles. The number of alkyl halides is 1. The normalized spacial score (nSPS) is 12.2. The van der Waals surface area contributed by atoms with Gasteiger partial charge in [-0.05, 0) is 57.6 Å². The van der Waals surface area contributed by atoms with Crippen molar-refractivity contribution in [2.75, 3.05) is 6.61 Å². The van der Waals surface area contributed by atoms with Gasteiger partial charge in [0.1, 0.15) is 5.75 Å². The molecule has 2 rings (SSSR count). The average Bonchev–Trinajstić information content (AvgIpc) is 2.53. The molecule has 0 aromatic heterocycles. The summed E-state index contributed by atoms with van der Waals surface area (Å²) in [5.74, 6) is 0.866. The van der Waals surface area contributed by atoms with Crippen LogP contribution in [0.3, 0.4) is 0 Å². The zero-order valence-corrected chi connectivity index (χ0v) is 14.7. The second-order valence-corrected chi connectivity index (χ2v) is 6.29. The van der Waals surface area contributed by atoms with Crippen LogP contribution >= 0.6 is 27.5 Å². The van der Waals surface area contributed by atoms with Gasteiger partial charge in [-0.15, -0.1) is 11.6 Å². The van der Waals surface area contributed by atoms with E-state index >= 15 is 0 Å². The van der Waals surface area contributed by atoms with Crippen molar-refractivity contribution < 1.29 is 4.74 Å². The summed E-state index contributed by atoms with van der Waals surface area (Å²) in [4.78, 5) is 0. The van der Waals surface area contributed by atoms with Crippen molar-refractivity contribution in [2.45, 2.75) is 32.1 Å². The Hall–Kier alpha value is -0.990. The monoisotopic (exact) mass is 366 g/mol. The largest absolute Gasteiger partial charge is 0.492 e. The van der Waals surface area contributed by atoms with Crippen LogP contribution in [0, 0.1) is 0 Å². The molecule has 0 aliphatic rings. The van der Waals surface area contributed by atoms with E-state index in [2.05, 4.69) is 54.0 Å². The topological polar surface area (TPSA) is 9.23 Å². The Bertz CT molecular complexity index is 580. The highest BCUT2D eigenvalue weighted by Gasteiger charge is 2.13. The van der Waals surface area contributed by atoms with Crippen molar-refractivity contribution in [1.82, 2.24) is 0 Å². The van der Waals surface area contributed by atoms with Crippen molar-refractivity contribution in [3.63, 3.8) is 0 Å². The molecule has 0 radical (unpaired) electrons. The fraction of sp³-hybridized carbons (Fsp3) is 0.333. The molecule has 0 aliphatic carbocycles. The number of hydrogen-bond acceptors (Lipinski definition) is 1. The molecule has 112 valence electrons. The van der Waals surface area contributed by atoms with E-state index in [1.165, 1.54) is 5.56 Å². The molecule has 0 amide bonds. The van der Waals surface area contributed by atoms with Gasteiger partial charge in [-0.25, -0.2) is 0 Å². The lowest BCUT2D eigenvalue weighted by Gasteiger charge is -2.13. The average molecular weight is 368 g/mol. The van der Waals surface area contributed by atoms with E-state index < -0.39 is 0 Å². The highest BCUT2D eigenvalue weighted by molar-refractivity contribution is 9.10. The first-order chi connectivity index (χ1) is 10.2. The minimum atomic E-state index is -0.146. The molecule has 0 saturated carbocycles. The van der Waals surface area contributed by atoms with Crippen LogP contribution in [0.2, 0.25) is 0 Å². The first-order valence-corrected chi connectivity index (χ1v) is 8.53. The zero-order chi connectivity index (χ0) is 15.2. The third kappa shape index (κ3) is 4.24. The number of ether oxygens (including phenoxy) is 1. The Labute approximate surface area is 140 Å². The molecule has 3 heteroatoms. The van der Waals surface area contributed by atoms with Gasteiger partial charge in [-0.3, -0.25) is 0 Å². The second-order valence-electron chi connectivity index (χ2n) is 5.00. The summed E-state index contributed by atoms with van der Waals surface area (Å²) in [7, 11) is 0. The molecule has 0 heterocycles. The van der Waals surface area contributed by atoms with E-state index in [1.54, 1.807) is 0 Å². The first kappa shape index (κ1) is 16.4. The molecule has 2 aromatic carbocycles. The minimum Gasteiger partial charge on any atom is -0.492 e. The van der Waals surface area contributed by atoms with Crippen molar-refractivity contribution >= 4 is 27.5 Å². The van der Waals surface area contributed by atoms with E-state index in [4.69, 9.17) is 16.3 Å². The molecular formula is C18H20BrClO. The van der Waals surface area contributed by atoms with Gasteiger partial charge in [-0.1, -0.05) is 44.2 Å². The van der Waals surface area contributed by atoms with E-state index in [-0.39, 0.29) is 5.38 Å². The van der Waals surface area contributed by atoms with Crippen molar-refractivity contribution in [3.05, 3.63) is 63.6 Å². The Kier molecular flexibility index (Phi) is 6.13. The summed E-state index contributed by atoms with van der Waals surface area (Å²) in [6.07, 6.45) is 2.04. The Morgan fingerprint density at radius 3 is 2.29 bits per heavy atom. The van der Waals surface area contributed by atoms with E-state index in [1.807, 2.05) is 18.2 Å². The maximum Gasteiger partial charge on any atom is 0.133 e. The van der Waals surface area contributed by atoms with Gasteiger partial charge in [0.05, 0.1) is 16.5 Å². The zero-order valence-electron chi connectivity index (χ0n) is 12.4. The minimum absolute atomic E-state index is 0.146. The quantitative estimate of drug-likeness (QED) is 0.558. The molecule has 0 bridgehead atoms. The number of rotatable bonds is 6. The van der Waals surface area contributed by atoms with Crippen LogP contribution in [0.25, 0.3) is 0 Å². The predicted octanol–water partition coefficient (Wildman–Crippen LogP) is 6.13. The van der Waals surface area contributed by atoms with Crippen LogP contribution in [0.5, 0.6) is 5.75 Å². The second kappa shape index (κ2) is 7.86. The van der Waals surface area contributed by atoms with Gasteiger partial charge >= 0.3 is 0 Å². The first-order valence-electron chi connectivity index (χ1n) is 7.30. The number of benzene rings is 2. The van der Waals surface area contributed by atoms with E-state index in [9.17, 15) is 0 Å². The molecule has 2 aromatic rings. The Morgan fingerprint density at radius 1 is 1.05 bits per heavy atom. The third-order valence-corrected chi connectivity index (χ3v) is 4.51. The van der Waals surface area contributed by atoms with Crippen LogP contribution in [-0.2, 0) is 6.42 Å². The Balaban J connectivity index is 2.18. The van der Waals surface area contributed by atoms with Crippen LogP contribution in [-0.4, -0.2) is 6.61 Å². The Morgan fingerprint density at radius 2 is 1.71 bits per heavy atom. The van der Waals surface area contributed by atoms with Crippen molar-refractivity contribution in [3.8, 4) is 5.75 Å². The summed E-state index contributed by atoms with van der Waals surface area (Å²) in [5.41, 5.74) is 3.51. The van der Waals surface area contributed by atoms with Gasteiger partial charge in [0.2, 0.25) is 0 Å². The lowest BCUT2D eigenvalue weighted by atomic mass is 10.0. The summed E-state index contributed by atoms with van der Waals surface area (Å²) < 4.78 is 6.62. The molecule has 1 atom stereocenters. The smallest absolute Gasteiger partial charge is 0.133 e. The van der Waals surface area contributed by atoms with E-state index in [0.29, 0.717) is 0 Å². The lowest BCUT2D eigenvalue weighted by Crippen LogP contribution is -1.98. The molecule has 0 fully saturated rings. The van der Waals surface area contributed by atoms with Gasteiger partial charge in [0.25, 0.3) is 0 Å². The van der Waals surface area contributed by atoms with Crippen LogP contribution in [0.4, 0.5) is 0 Å². The van der Waals surface area contributed by atoms with Gasteiger partial charge in [-0.2, -0.15) is 0 Å². The predicted molar refractivity (Wildman–Crippen MR) is 93.4 cm³/mol. The molecule has 0 spiro atoms. The van der Waals surface area contributed by atoms with Crippen LogP contribution in [0.1, 0.15) is 42.3 Å². The number of aryl methyl sites for hydroxylation is 1. The molecule has 21 heavy (non-hydrogen) atoms. The van der Waals surface area contributed by atoms with Crippen molar-refractivity contribution in [2.24, 2.45) is 0 Å². The number of hydrogen-bond donors (Lipinski definition) is 0. The van der Waals surface area contributed by atoms with Crippen molar-refractivity contribution in [1.29, 1.82) is 0 Å². The summed E-state index contributed by atoms with van der Waals surface area (Å²) in [6, 6.07) is 14.5. The highest BCUT2D eigenvalue weighted by Crippen LogP contribution is 2.34. The summed E-state index contributed by atoms with van der Waals surface area (Å²) in [5, 5.41) is -0.146. The lowest BCUT2D eigenvalue weighted by molar-refractivity contribution is 0.315. The SMILES string of the molecule is CCCOc1ccc(C(Cl)c2ccc(CC)cc2)cc1Br. The van der Waals surface area contributed by atoms with Crippen LogP contribution in [0.15, 0.2) is 46.9 Å². The summed E-state index contributed by atoms with van der Waals surface area (Å²) >= 11 is 10.2. The number of halogens is 2. The standard InChI is InChI=1S/C18H20BrClO/c1-3-11-21-17-10-9-15(12-16(17)19)18(20)14-7-5-13(4-2)6-8-14/h5-10,12,18H,3-4,11H2,1-2H3. The maximum atomic E-state index is 6.59. The molecule has 1 unspecified atom stereocenters. The van der Waals surface area contributed by atoms with Gasteiger partial charge in [0, 0.05) is 0 Å². The molecule has 0 saturated heterocycles. The molecule has 0 N–H and O–H groups in total. The third-order valence-electron chi connectivity index (χ3n) is 3.39. The van der Waals surface area contributed by atoms with Crippen LogP contribution < -0.4 is 4.74 Å².